The van der Waals surface area contributed by atoms with Crippen LogP contribution < -0.4 is 20.2 Å². The average Bonchev–Trinajstić information content (AvgIpc) is 3.44. The van der Waals surface area contributed by atoms with Crippen molar-refractivity contribution in [1.82, 2.24) is 24.6 Å². The van der Waals surface area contributed by atoms with Gasteiger partial charge in [-0.3, -0.25) is 13.9 Å². The van der Waals surface area contributed by atoms with Crippen LogP contribution >= 0.6 is 7.75 Å². The Hall–Kier alpha value is -3.36. The van der Waals surface area contributed by atoms with Gasteiger partial charge in [0, 0.05) is 13.6 Å². The van der Waals surface area contributed by atoms with E-state index in [1.165, 1.54) is 24.7 Å². The van der Waals surface area contributed by atoms with Crippen molar-refractivity contribution in [2.75, 3.05) is 30.8 Å². The summed E-state index contributed by atoms with van der Waals surface area (Å²) in [5.41, 5.74) is 4.15. The minimum absolute atomic E-state index is 0.0475. The van der Waals surface area contributed by atoms with Gasteiger partial charge in [-0.25, -0.2) is 13.9 Å². The van der Waals surface area contributed by atoms with E-state index in [4.69, 9.17) is 24.3 Å². The Morgan fingerprint density at radius 3 is 2.64 bits per heavy atom. The summed E-state index contributed by atoms with van der Waals surface area (Å²) in [6.07, 6.45) is -3.49. The molecule has 230 valence electrons. The smallest absolute Gasteiger partial charge is 0.459 e. The summed E-state index contributed by atoms with van der Waals surface area (Å²) >= 11 is 0. The van der Waals surface area contributed by atoms with Crippen LogP contribution in [-0.2, 0) is 23.4 Å². The summed E-state index contributed by atoms with van der Waals surface area (Å²) in [4.78, 5) is 27.1. The number of nitrogens with two attached hydrogens (primary N) is 1. The molecule has 42 heavy (non-hydrogen) atoms. The number of ether oxygens (including phenoxy) is 2. The number of fused-ring (bicyclic) bond motifs is 1. The van der Waals surface area contributed by atoms with Crippen molar-refractivity contribution < 1.29 is 37.4 Å². The molecule has 2 unspecified atom stereocenters. The molecule has 1 aromatic carbocycles. The topological polar surface area (TPSA) is 176 Å². The molecule has 1 aliphatic rings. The van der Waals surface area contributed by atoms with E-state index in [0.29, 0.717) is 17.9 Å². The average molecular weight is 610 g/mol. The number of para-hydroxylation sites is 1. The number of hydrogen-bond acceptors (Lipinski definition) is 12. The minimum Gasteiger partial charge on any atom is -0.462 e. The first kappa shape index (κ1) is 31.6. The van der Waals surface area contributed by atoms with E-state index in [1.54, 1.807) is 51.2 Å². The molecule has 2 aromatic heterocycles. The normalized spacial score (nSPS) is 24.5. The number of hydrogen-bond donors (Lipinski definition) is 3. The SMILES string of the molecule is CCN(C)c1nc(N)nc2c1ncn2[C@@H]1OC(COP(=O)(N[C@@H](C)C(=O)OC(C)C)Oc2ccccc2)[C@@H](O)[C@@]1(C)F. The van der Waals surface area contributed by atoms with Gasteiger partial charge in [-0.05, 0) is 46.8 Å². The number of nitrogens with one attached hydrogen (secondary N) is 1. The van der Waals surface area contributed by atoms with Crippen molar-refractivity contribution in [3.8, 4) is 5.75 Å². The van der Waals surface area contributed by atoms with Crippen LogP contribution in [0.2, 0.25) is 0 Å². The molecule has 0 spiro atoms. The Morgan fingerprint density at radius 2 is 2.00 bits per heavy atom. The molecule has 0 aliphatic carbocycles. The van der Waals surface area contributed by atoms with Gasteiger partial charge in [0.1, 0.15) is 24.0 Å². The molecular weight excluding hydrogens is 572 g/mol. The molecular formula is C26H37FN7O7P. The fourth-order valence-corrected chi connectivity index (χ4v) is 5.86. The third-order valence-corrected chi connectivity index (χ3v) is 8.30. The second-order valence-electron chi connectivity index (χ2n) is 10.4. The number of carbonyl (C=O) groups excluding carboxylic acids is 1. The number of aliphatic hydroxyl groups excluding tert-OH is 1. The highest BCUT2D eigenvalue weighted by atomic mass is 31.2. The van der Waals surface area contributed by atoms with Crippen molar-refractivity contribution in [2.24, 2.45) is 0 Å². The first-order valence-electron chi connectivity index (χ1n) is 13.5. The second-order valence-corrected chi connectivity index (χ2v) is 12.1. The van der Waals surface area contributed by atoms with E-state index in [2.05, 4.69) is 20.0 Å². The lowest BCUT2D eigenvalue weighted by Crippen LogP contribution is -2.41. The van der Waals surface area contributed by atoms with Gasteiger partial charge in [0.05, 0.1) is 19.0 Å². The molecule has 0 radical (unpaired) electrons. The Bertz CT molecular complexity index is 1440. The predicted octanol–water partition coefficient (Wildman–Crippen LogP) is 2.98. The number of benzene rings is 1. The van der Waals surface area contributed by atoms with Crippen LogP contribution in [0.15, 0.2) is 36.7 Å². The van der Waals surface area contributed by atoms with Gasteiger partial charge in [0.15, 0.2) is 28.9 Å². The van der Waals surface area contributed by atoms with Gasteiger partial charge in [0.2, 0.25) is 5.95 Å². The summed E-state index contributed by atoms with van der Waals surface area (Å²) in [6, 6.07) is 7.07. The number of esters is 1. The molecule has 0 amide bonds. The number of rotatable bonds is 12. The van der Waals surface area contributed by atoms with Crippen LogP contribution in [-0.4, -0.2) is 80.8 Å². The van der Waals surface area contributed by atoms with Crippen molar-refractivity contribution in [3.63, 3.8) is 0 Å². The highest BCUT2D eigenvalue weighted by Gasteiger charge is 2.56. The van der Waals surface area contributed by atoms with Gasteiger partial charge < -0.3 is 29.7 Å². The van der Waals surface area contributed by atoms with Crippen LogP contribution in [0.25, 0.3) is 11.2 Å². The molecule has 1 aliphatic heterocycles. The third-order valence-electron chi connectivity index (χ3n) is 6.66. The first-order valence-corrected chi connectivity index (χ1v) is 15.0. The second kappa shape index (κ2) is 12.5. The lowest BCUT2D eigenvalue weighted by Gasteiger charge is -2.25. The zero-order valence-electron chi connectivity index (χ0n) is 24.3. The monoisotopic (exact) mass is 609 g/mol. The summed E-state index contributed by atoms with van der Waals surface area (Å²) in [5, 5.41) is 13.5. The van der Waals surface area contributed by atoms with E-state index in [1.807, 2.05) is 11.8 Å². The van der Waals surface area contributed by atoms with Crippen molar-refractivity contribution >= 4 is 36.6 Å². The maximum atomic E-state index is 16.1. The number of alkyl halides is 1. The summed E-state index contributed by atoms with van der Waals surface area (Å²) in [5.74, 6) is -0.0871. The van der Waals surface area contributed by atoms with Crippen molar-refractivity contribution in [3.05, 3.63) is 36.7 Å². The highest BCUT2D eigenvalue weighted by molar-refractivity contribution is 7.52. The zero-order valence-corrected chi connectivity index (χ0v) is 25.2. The molecule has 4 rings (SSSR count). The zero-order chi connectivity index (χ0) is 30.8. The maximum absolute atomic E-state index is 16.1. The predicted molar refractivity (Wildman–Crippen MR) is 153 cm³/mol. The van der Waals surface area contributed by atoms with Gasteiger partial charge in [-0.2, -0.15) is 15.1 Å². The number of anilines is 2. The molecule has 14 nitrogen and oxygen atoms in total. The first-order chi connectivity index (χ1) is 19.8. The number of nitrogens with zero attached hydrogens (tertiary/aromatic N) is 5. The number of carbonyl (C=O) groups is 1. The molecule has 0 saturated carbocycles. The van der Waals surface area contributed by atoms with Gasteiger partial charge in [-0.15, -0.1) is 0 Å². The van der Waals surface area contributed by atoms with Crippen LogP contribution in [0.4, 0.5) is 16.2 Å². The Morgan fingerprint density at radius 1 is 1.31 bits per heavy atom. The number of aromatic nitrogens is 4. The number of halogens is 1. The Labute approximate surface area is 242 Å². The van der Waals surface area contributed by atoms with Crippen molar-refractivity contribution in [1.29, 1.82) is 0 Å². The summed E-state index contributed by atoms with van der Waals surface area (Å²) < 4.78 is 53.6. The maximum Gasteiger partial charge on any atom is 0.459 e. The van der Waals surface area contributed by atoms with Crippen LogP contribution in [0.3, 0.4) is 0 Å². The van der Waals surface area contributed by atoms with Crippen LogP contribution in [0.1, 0.15) is 40.8 Å². The molecule has 3 heterocycles. The van der Waals surface area contributed by atoms with Gasteiger partial charge >= 0.3 is 13.7 Å². The quantitative estimate of drug-likeness (QED) is 0.202. The molecule has 1 fully saturated rings. The third kappa shape index (κ3) is 6.65. The molecule has 4 N–H and O–H groups in total. The molecule has 6 atom stereocenters. The molecule has 0 bridgehead atoms. The molecule has 1 saturated heterocycles. The van der Waals surface area contributed by atoms with Crippen LogP contribution in [0.5, 0.6) is 5.75 Å². The number of nitrogen functional groups attached to an aromatic ring is 1. The fourth-order valence-electron chi connectivity index (χ4n) is 4.36. The summed E-state index contributed by atoms with van der Waals surface area (Å²) in [6.45, 7) is 7.92. The standard InChI is InChI=1S/C26H37FN7O7P/c1-7-33(6)21-19-22(31-25(28)30-21)34(14-29-19)24-26(5,27)20(35)18(40-24)13-38-42(37,41-17-11-9-8-10-12-17)32-16(4)23(36)39-15(2)3/h8-12,14-16,18,20,24,35H,7,13H2,1-6H3,(H,32,37)(H2,28,30,31)/t16-,18?,20+,24+,26+,42?/m0/s1. The Balaban J connectivity index is 1.58. The van der Waals surface area contributed by atoms with E-state index < -0.39 is 56.6 Å². The largest absolute Gasteiger partial charge is 0.462 e. The lowest BCUT2D eigenvalue weighted by atomic mass is 9.98. The number of aliphatic hydroxyl groups is 1. The number of imidazole rings is 1. The highest BCUT2D eigenvalue weighted by Crippen LogP contribution is 2.48. The van der Waals surface area contributed by atoms with Gasteiger partial charge in [0.25, 0.3) is 0 Å². The fraction of sp³-hybridized carbons (Fsp3) is 0.538. The minimum atomic E-state index is -4.29. The van der Waals surface area contributed by atoms with E-state index in [-0.39, 0.29) is 17.3 Å². The molecule has 16 heteroatoms. The van der Waals surface area contributed by atoms with Gasteiger partial charge in [-0.1, -0.05) is 18.2 Å². The van der Waals surface area contributed by atoms with Crippen molar-refractivity contribution in [2.45, 2.75) is 70.9 Å². The van der Waals surface area contributed by atoms with E-state index >= 15 is 4.39 Å². The van der Waals surface area contributed by atoms with Crippen LogP contribution in [0, 0.1) is 0 Å². The summed E-state index contributed by atoms with van der Waals surface area (Å²) in [7, 11) is -2.49. The Kier molecular flexibility index (Phi) is 9.38. The van der Waals surface area contributed by atoms with E-state index in [0.717, 1.165) is 0 Å². The van der Waals surface area contributed by atoms with E-state index in [9.17, 15) is 14.5 Å². The lowest BCUT2D eigenvalue weighted by molar-refractivity contribution is -0.149. The molecule has 3 aromatic rings.